The van der Waals surface area contributed by atoms with Crippen molar-refractivity contribution >= 4 is 20.2 Å². The quantitative estimate of drug-likeness (QED) is 0.732. The molecule has 1 unspecified atom stereocenters. The third-order valence-electron chi connectivity index (χ3n) is 3.22. The minimum Gasteiger partial charge on any atom is -0.286 e. The maximum absolute atomic E-state index is 11.2. The van der Waals surface area contributed by atoms with Gasteiger partial charge in [-0.1, -0.05) is 19.3 Å². The molecule has 1 rings (SSSR count). The lowest BCUT2D eigenvalue weighted by Gasteiger charge is -2.27. The van der Waals surface area contributed by atoms with Crippen molar-refractivity contribution in [1.29, 1.82) is 0 Å². The summed E-state index contributed by atoms with van der Waals surface area (Å²) in [5.41, 5.74) is 0. The summed E-state index contributed by atoms with van der Waals surface area (Å²) >= 11 is 0. The van der Waals surface area contributed by atoms with Gasteiger partial charge in [-0.25, -0.2) is 0 Å². The first-order valence-corrected chi connectivity index (χ1v) is 8.73. The first kappa shape index (κ1) is 14.9. The largest absolute Gasteiger partial charge is 0.286 e. The Morgan fingerprint density at radius 3 is 1.94 bits per heavy atom. The van der Waals surface area contributed by atoms with Gasteiger partial charge < -0.3 is 0 Å². The smallest absolute Gasteiger partial charge is 0.268 e. The molecule has 0 heterocycles. The Balaban J connectivity index is 2.74. The lowest BCUT2D eigenvalue weighted by Crippen LogP contribution is -2.32. The third kappa shape index (κ3) is 5.33. The summed E-state index contributed by atoms with van der Waals surface area (Å²) in [6.07, 6.45) is 3.92. The number of rotatable bonds is 5. The van der Waals surface area contributed by atoms with E-state index in [4.69, 9.17) is 9.11 Å². The molecule has 8 heteroatoms. The molecule has 2 N–H and O–H groups in total. The molecule has 17 heavy (non-hydrogen) atoms. The second kappa shape index (κ2) is 5.64. The zero-order chi connectivity index (χ0) is 13.1. The average molecular weight is 286 g/mol. The molecule has 1 atom stereocenters. The van der Waals surface area contributed by atoms with E-state index in [1.807, 2.05) is 0 Å². The zero-order valence-electron chi connectivity index (χ0n) is 9.45. The maximum atomic E-state index is 11.2. The van der Waals surface area contributed by atoms with Crippen LogP contribution in [0.15, 0.2) is 0 Å². The topological polar surface area (TPSA) is 109 Å². The van der Waals surface area contributed by atoms with Crippen LogP contribution in [0.2, 0.25) is 0 Å². The second-order valence-electron chi connectivity index (χ2n) is 4.53. The lowest BCUT2D eigenvalue weighted by atomic mass is 9.86. The van der Waals surface area contributed by atoms with Crippen LogP contribution in [-0.2, 0) is 20.2 Å². The minimum absolute atomic E-state index is 0.208. The van der Waals surface area contributed by atoms with Crippen LogP contribution < -0.4 is 0 Å². The van der Waals surface area contributed by atoms with Crippen LogP contribution in [0.4, 0.5) is 0 Å². The molecule has 1 aliphatic carbocycles. The standard InChI is InChI=1S/C9H18O6S2/c10-16(11,12)7-6-9(17(13,14)15)8-4-2-1-3-5-8/h8-9H,1-7H2,(H,10,11,12)(H,13,14,15). The van der Waals surface area contributed by atoms with Gasteiger partial charge in [0.05, 0.1) is 11.0 Å². The normalized spacial score (nSPS) is 21.3. The number of hydrogen-bond donors (Lipinski definition) is 2. The van der Waals surface area contributed by atoms with E-state index in [1.54, 1.807) is 0 Å². The van der Waals surface area contributed by atoms with Crippen LogP contribution in [0.25, 0.3) is 0 Å². The molecule has 0 saturated heterocycles. The molecule has 0 amide bonds. The summed E-state index contributed by atoms with van der Waals surface area (Å²) in [7, 11) is -8.46. The van der Waals surface area contributed by atoms with Crippen molar-refractivity contribution in [3.05, 3.63) is 0 Å². The second-order valence-corrected chi connectivity index (χ2v) is 7.73. The maximum Gasteiger partial charge on any atom is 0.268 e. The summed E-state index contributed by atoms with van der Waals surface area (Å²) in [5.74, 6) is -0.839. The molecule has 0 aromatic heterocycles. The molecule has 0 aliphatic heterocycles. The molecule has 1 fully saturated rings. The first-order chi connectivity index (χ1) is 7.70. The fourth-order valence-electron chi connectivity index (χ4n) is 2.40. The Morgan fingerprint density at radius 2 is 1.53 bits per heavy atom. The fourth-order valence-corrected chi connectivity index (χ4v) is 4.27. The van der Waals surface area contributed by atoms with Crippen LogP contribution in [-0.4, -0.2) is 36.9 Å². The van der Waals surface area contributed by atoms with E-state index in [-0.39, 0.29) is 12.3 Å². The van der Waals surface area contributed by atoms with Crippen molar-refractivity contribution in [3.63, 3.8) is 0 Å². The van der Waals surface area contributed by atoms with E-state index in [0.29, 0.717) is 12.8 Å². The van der Waals surface area contributed by atoms with Gasteiger partial charge in [-0.15, -0.1) is 0 Å². The van der Waals surface area contributed by atoms with Gasteiger partial charge in [-0.2, -0.15) is 16.8 Å². The van der Waals surface area contributed by atoms with Crippen molar-refractivity contribution < 1.29 is 25.9 Å². The van der Waals surface area contributed by atoms with Crippen LogP contribution in [0.3, 0.4) is 0 Å². The molecular weight excluding hydrogens is 268 g/mol. The molecule has 0 radical (unpaired) electrons. The minimum atomic E-state index is -4.26. The Hall–Kier alpha value is -0.180. The lowest BCUT2D eigenvalue weighted by molar-refractivity contribution is 0.322. The molecule has 1 saturated carbocycles. The van der Waals surface area contributed by atoms with E-state index in [1.165, 1.54) is 0 Å². The van der Waals surface area contributed by atoms with E-state index in [9.17, 15) is 16.8 Å². The third-order valence-corrected chi connectivity index (χ3v) is 5.36. The Labute approximate surface area is 102 Å². The highest BCUT2D eigenvalue weighted by atomic mass is 32.2. The van der Waals surface area contributed by atoms with Crippen molar-refractivity contribution in [2.75, 3.05) is 5.75 Å². The Bertz CT molecular complexity index is 432. The number of hydrogen-bond acceptors (Lipinski definition) is 4. The predicted octanol–water partition coefficient (Wildman–Crippen LogP) is 1.10. The molecular formula is C9H18O6S2. The van der Waals surface area contributed by atoms with Gasteiger partial charge in [0.15, 0.2) is 0 Å². The summed E-state index contributed by atoms with van der Waals surface area (Å²) in [6.45, 7) is 0. The van der Waals surface area contributed by atoms with Crippen molar-refractivity contribution in [2.24, 2.45) is 5.92 Å². The predicted molar refractivity (Wildman–Crippen MR) is 62.9 cm³/mol. The summed E-state index contributed by atoms with van der Waals surface area (Å²) < 4.78 is 61.5. The van der Waals surface area contributed by atoms with Crippen molar-refractivity contribution in [3.8, 4) is 0 Å². The Morgan fingerprint density at radius 1 is 1.00 bits per heavy atom. The summed E-state index contributed by atoms with van der Waals surface area (Å²) in [5, 5.41) is -1.08. The highest BCUT2D eigenvalue weighted by molar-refractivity contribution is 7.87. The van der Waals surface area contributed by atoms with Crippen LogP contribution in [0.1, 0.15) is 38.5 Å². The molecule has 0 bridgehead atoms. The average Bonchev–Trinajstić information content (AvgIpc) is 2.15. The molecule has 0 aromatic carbocycles. The highest BCUT2D eigenvalue weighted by Crippen LogP contribution is 2.31. The van der Waals surface area contributed by atoms with Gasteiger partial charge in [0.1, 0.15) is 0 Å². The van der Waals surface area contributed by atoms with Crippen LogP contribution >= 0.6 is 0 Å². The van der Waals surface area contributed by atoms with E-state index in [0.717, 1.165) is 19.3 Å². The highest BCUT2D eigenvalue weighted by Gasteiger charge is 2.33. The van der Waals surface area contributed by atoms with Gasteiger partial charge in [0.2, 0.25) is 0 Å². The molecule has 0 aromatic rings. The zero-order valence-corrected chi connectivity index (χ0v) is 11.1. The fraction of sp³-hybridized carbons (Fsp3) is 1.00. The van der Waals surface area contributed by atoms with Crippen molar-refractivity contribution in [2.45, 2.75) is 43.8 Å². The van der Waals surface area contributed by atoms with E-state index >= 15 is 0 Å². The van der Waals surface area contributed by atoms with Crippen LogP contribution in [0.5, 0.6) is 0 Å². The summed E-state index contributed by atoms with van der Waals surface area (Å²) in [4.78, 5) is 0. The molecule has 102 valence electrons. The van der Waals surface area contributed by atoms with Gasteiger partial charge in [0, 0.05) is 0 Å². The van der Waals surface area contributed by atoms with Crippen LogP contribution in [0, 0.1) is 5.92 Å². The van der Waals surface area contributed by atoms with Gasteiger partial charge >= 0.3 is 0 Å². The van der Waals surface area contributed by atoms with Gasteiger partial charge in [-0.3, -0.25) is 9.11 Å². The van der Waals surface area contributed by atoms with E-state index < -0.39 is 31.2 Å². The summed E-state index contributed by atoms with van der Waals surface area (Å²) in [6, 6.07) is 0. The van der Waals surface area contributed by atoms with Crippen molar-refractivity contribution in [1.82, 2.24) is 0 Å². The molecule has 6 nitrogen and oxygen atoms in total. The molecule has 1 aliphatic rings. The first-order valence-electron chi connectivity index (χ1n) is 5.61. The van der Waals surface area contributed by atoms with Gasteiger partial charge in [0.25, 0.3) is 20.2 Å². The monoisotopic (exact) mass is 286 g/mol. The van der Waals surface area contributed by atoms with Gasteiger partial charge in [-0.05, 0) is 25.2 Å². The molecule has 0 spiro atoms. The van der Waals surface area contributed by atoms with E-state index in [2.05, 4.69) is 0 Å². The Kier molecular flexibility index (Phi) is 4.94. The SMILES string of the molecule is O=S(=O)(O)CCC(C1CCCCC1)S(=O)(=O)O.